The molecule has 2 aromatic rings. The van der Waals surface area contributed by atoms with E-state index >= 15 is 0 Å². The summed E-state index contributed by atoms with van der Waals surface area (Å²) in [6, 6.07) is 9.69. The first-order chi connectivity index (χ1) is 14.2. The second-order valence-electron chi connectivity index (χ2n) is 9.48. The molecule has 0 aliphatic carbocycles. The number of quaternary nitrogens is 2. The molecule has 2 heterocycles. The smallest absolute Gasteiger partial charge is 0.275 e. The Morgan fingerprint density at radius 1 is 1.03 bits per heavy atom. The van der Waals surface area contributed by atoms with Crippen LogP contribution in [0.25, 0.3) is 11.0 Å². The third-order valence-electron chi connectivity index (χ3n) is 5.48. The predicted octanol–water partition coefficient (Wildman–Crippen LogP) is -0.302. The number of furan rings is 1. The molecule has 1 aliphatic rings. The molecular weight excluding hydrogens is 380 g/mol. The van der Waals surface area contributed by atoms with Gasteiger partial charge in [-0.3, -0.25) is 9.59 Å². The van der Waals surface area contributed by atoms with Gasteiger partial charge in [-0.2, -0.15) is 0 Å². The highest BCUT2D eigenvalue weighted by Crippen LogP contribution is 2.23. The van der Waals surface area contributed by atoms with Crippen LogP contribution in [-0.4, -0.2) is 56.6 Å². The van der Waals surface area contributed by atoms with E-state index in [0.29, 0.717) is 13.1 Å². The molecule has 1 aliphatic heterocycles. The summed E-state index contributed by atoms with van der Waals surface area (Å²) in [5, 5.41) is 7.15. The van der Waals surface area contributed by atoms with Crippen molar-refractivity contribution in [2.75, 3.05) is 39.3 Å². The van der Waals surface area contributed by atoms with Crippen molar-refractivity contribution >= 4 is 22.8 Å². The van der Waals surface area contributed by atoms with Gasteiger partial charge in [0.25, 0.3) is 11.8 Å². The van der Waals surface area contributed by atoms with Crippen LogP contribution >= 0.6 is 0 Å². The largest absolute Gasteiger partial charge is 0.459 e. The standard InChI is InChI=1S/C23H34N4O3/c1-17(20-14-18-8-5-6-9-19(18)30-20)24-21(28)15-26-10-7-11-27(13-12-26)16-22(29)25-23(2,3)4/h5-6,8-9,14,17H,7,10-13,15-16H2,1-4H3,(H,24,28)(H,25,29)/p+2/t17-/m1/s1. The molecule has 30 heavy (non-hydrogen) atoms. The average molecular weight is 417 g/mol. The molecule has 0 radical (unpaired) electrons. The summed E-state index contributed by atoms with van der Waals surface area (Å²) in [5.74, 6) is 0.904. The molecule has 2 amide bonds. The minimum Gasteiger partial charge on any atom is -0.459 e. The van der Waals surface area contributed by atoms with Crippen molar-refractivity contribution in [2.24, 2.45) is 0 Å². The van der Waals surface area contributed by atoms with Crippen LogP contribution in [0.4, 0.5) is 0 Å². The zero-order valence-corrected chi connectivity index (χ0v) is 18.6. The van der Waals surface area contributed by atoms with Gasteiger partial charge in [0.2, 0.25) is 0 Å². The molecule has 7 heteroatoms. The normalized spacial score (nSPS) is 21.1. The van der Waals surface area contributed by atoms with E-state index in [4.69, 9.17) is 4.42 Å². The molecule has 1 fully saturated rings. The molecule has 4 N–H and O–H groups in total. The highest BCUT2D eigenvalue weighted by atomic mass is 16.3. The number of carbonyl (C=O) groups excluding carboxylic acids is 2. The van der Waals surface area contributed by atoms with Gasteiger partial charge in [-0.15, -0.1) is 0 Å². The predicted molar refractivity (Wildman–Crippen MR) is 116 cm³/mol. The molecule has 1 saturated heterocycles. The van der Waals surface area contributed by atoms with Crippen molar-refractivity contribution in [3.05, 3.63) is 36.1 Å². The van der Waals surface area contributed by atoms with Crippen LogP contribution in [0.1, 0.15) is 45.9 Å². The number of carbonyl (C=O) groups is 2. The van der Waals surface area contributed by atoms with Crippen LogP contribution in [0.15, 0.2) is 34.7 Å². The Bertz CT molecular complexity index is 838. The summed E-state index contributed by atoms with van der Waals surface area (Å²) in [6.07, 6.45) is 1.01. The number of hydrogen-bond acceptors (Lipinski definition) is 3. The lowest BCUT2D eigenvalue weighted by Crippen LogP contribution is -3.18. The molecule has 3 atom stereocenters. The highest BCUT2D eigenvalue weighted by Gasteiger charge is 2.26. The lowest BCUT2D eigenvalue weighted by Gasteiger charge is -2.22. The molecule has 2 unspecified atom stereocenters. The molecule has 3 rings (SSSR count). The molecule has 164 valence electrons. The number of rotatable bonds is 6. The first-order valence-corrected chi connectivity index (χ1v) is 11.0. The van der Waals surface area contributed by atoms with Crippen LogP contribution in [0.2, 0.25) is 0 Å². The van der Waals surface area contributed by atoms with E-state index in [1.54, 1.807) is 0 Å². The van der Waals surface area contributed by atoms with Gasteiger partial charge in [-0.25, -0.2) is 0 Å². The van der Waals surface area contributed by atoms with E-state index < -0.39 is 0 Å². The molecule has 1 aromatic carbocycles. The van der Waals surface area contributed by atoms with Crippen molar-refractivity contribution in [1.29, 1.82) is 0 Å². The van der Waals surface area contributed by atoms with Gasteiger partial charge in [-0.05, 0) is 39.8 Å². The molecule has 7 nitrogen and oxygen atoms in total. The Labute approximate surface area is 178 Å². The average Bonchev–Trinajstić information content (AvgIpc) is 2.97. The van der Waals surface area contributed by atoms with Gasteiger partial charge in [0.15, 0.2) is 13.1 Å². The second kappa shape index (κ2) is 9.62. The van der Waals surface area contributed by atoms with E-state index in [1.807, 2.05) is 58.0 Å². The second-order valence-corrected chi connectivity index (χ2v) is 9.48. The fourth-order valence-corrected chi connectivity index (χ4v) is 4.04. The van der Waals surface area contributed by atoms with Crippen molar-refractivity contribution in [3.63, 3.8) is 0 Å². The number of benzene rings is 1. The maximum Gasteiger partial charge on any atom is 0.275 e. The van der Waals surface area contributed by atoms with E-state index in [0.717, 1.165) is 49.3 Å². The summed E-state index contributed by atoms with van der Waals surface area (Å²) in [5.41, 5.74) is 0.638. The Morgan fingerprint density at radius 2 is 1.67 bits per heavy atom. The van der Waals surface area contributed by atoms with Gasteiger partial charge in [0.1, 0.15) is 24.4 Å². The van der Waals surface area contributed by atoms with Gasteiger partial charge in [0.05, 0.1) is 19.1 Å². The molecule has 0 saturated carbocycles. The summed E-state index contributed by atoms with van der Waals surface area (Å²) in [6.45, 7) is 12.6. The molecule has 1 aromatic heterocycles. The van der Waals surface area contributed by atoms with Gasteiger partial charge >= 0.3 is 0 Å². The van der Waals surface area contributed by atoms with Crippen LogP contribution in [0, 0.1) is 0 Å². The number of nitrogens with one attached hydrogen (secondary N) is 4. The van der Waals surface area contributed by atoms with Crippen LogP contribution in [0.5, 0.6) is 0 Å². The third-order valence-corrected chi connectivity index (χ3v) is 5.48. The van der Waals surface area contributed by atoms with Gasteiger partial charge in [0, 0.05) is 17.3 Å². The fraction of sp³-hybridized carbons (Fsp3) is 0.565. The number of fused-ring (bicyclic) bond motifs is 1. The van der Waals surface area contributed by atoms with Crippen molar-refractivity contribution in [2.45, 2.75) is 45.7 Å². The van der Waals surface area contributed by atoms with Crippen LogP contribution in [0.3, 0.4) is 0 Å². The number of hydrogen-bond donors (Lipinski definition) is 4. The summed E-state index contributed by atoms with van der Waals surface area (Å²) < 4.78 is 5.86. The first-order valence-electron chi connectivity index (χ1n) is 11.0. The maximum absolute atomic E-state index is 12.6. The number of para-hydroxylation sites is 1. The zero-order chi connectivity index (χ0) is 21.7. The summed E-state index contributed by atoms with van der Waals surface area (Å²) in [4.78, 5) is 27.4. The van der Waals surface area contributed by atoms with E-state index in [-0.39, 0.29) is 23.4 Å². The zero-order valence-electron chi connectivity index (χ0n) is 18.6. The summed E-state index contributed by atoms with van der Waals surface area (Å²) >= 11 is 0. The Balaban J connectivity index is 1.45. The Morgan fingerprint density at radius 3 is 2.30 bits per heavy atom. The maximum atomic E-state index is 12.6. The minimum atomic E-state index is -0.200. The van der Waals surface area contributed by atoms with Crippen molar-refractivity contribution < 1.29 is 23.8 Å². The van der Waals surface area contributed by atoms with Gasteiger partial charge in [-0.1, -0.05) is 18.2 Å². The Hall–Kier alpha value is -2.38. The fourth-order valence-electron chi connectivity index (χ4n) is 4.04. The van der Waals surface area contributed by atoms with Crippen LogP contribution < -0.4 is 20.4 Å². The Kier molecular flexibility index (Phi) is 7.15. The van der Waals surface area contributed by atoms with Crippen LogP contribution in [-0.2, 0) is 9.59 Å². The van der Waals surface area contributed by atoms with E-state index in [2.05, 4.69) is 10.6 Å². The molecule has 0 spiro atoms. The highest BCUT2D eigenvalue weighted by molar-refractivity contribution is 5.79. The molecule has 0 bridgehead atoms. The lowest BCUT2D eigenvalue weighted by molar-refractivity contribution is -0.930. The topological polar surface area (TPSA) is 80.2 Å². The van der Waals surface area contributed by atoms with Gasteiger partial charge < -0.3 is 24.9 Å². The molecular formula is C23H36N4O3+2. The summed E-state index contributed by atoms with van der Waals surface area (Å²) in [7, 11) is 0. The quantitative estimate of drug-likeness (QED) is 0.522. The SMILES string of the molecule is C[C@@H](NC(=O)C[NH+]1CCC[NH+](CC(=O)NC(C)(C)C)CC1)c1cc2ccccc2o1. The lowest BCUT2D eigenvalue weighted by atomic mass is 10.1. The van der Waals surface area contributed by atoms with E-state index in [1.165, 1.54) is 9.80 Å². The van der Waals surface area contributed by atoms with E-state index in [9.17, 15) is 9.59 Å². The van der Waals surface area contributed by atoms with Crippen molar-refractivity contribution in [1.82, 2.24) is 10.6 Å². The third kappa shape index (κ3) is 6.57. The number of amides is 2. The monoisotopic (exact) mass is 416 g/mol. The minimum absolute atomic E-state index is 0.0341. The first kappa shape index (κ1) is 22.3. The van der Waals surface area contributed by atoms with Crippen molar-refractivity contribution in [3.8, 4) is 0 Å².